The van der Waals surface area contributed by atoms with Crippen LogP contribution in [0.15, 0.2) is 54.6 Å². The number of carbonyl (C=O) groups excluding carboxylic acids is 2. The first kappa shape index (κ1) is 29.3. The number of hydrogen-bond donors (Lipinski definition) is 4. The zero-order chi connectivity index (χ0) is 30.2. The summed E-state index contributed by atoms with van der Waals surface area (Å²) in [4.78, 5) is 28.4. The summed E-state index contributed by atoms with van der Waals surface area (Å²) in [5, 5.41) is 20.1. The first-order valence-electron chi connectivity index (χ1n) is 14.0. The Morgan fingerprint density at radius 2 is 1.74 bits per heavy atom. The van der Waals surface area contributed by atoms with Crippen LogP contribution in [-0.4, -0.2) is 43.9 Å². The molecule has 3 aromatic rings. The number of phenols is 1. The van der Waals surface area contributed by atoms with Crippen molar-refractivity contribution in [3.05, 3.63) is 82.9 Å². The van der Waals surface area contributed by atoms with E-state index in [0.29, 0.717) is 55.5 Å². The van der Waals surface area contributed by atoms with Gasteiger partial charge in [-0.3, -0.25) is 0 Å². The molecule has 1 unspecified atom stereocenters. The number of para-hydroxylation sites is 1. The lowest BCUT2D eigenvalue weighted by molar-refractivity contribution is 0.0596. The third-order valence-electron chi connectivity index (χ3n) is 8.01. The number of halogens is 2. The standard InChI is InChI=1S/C32H36F2N4O4/c1-31(2,3)18-38-27-25(39)12-10-21(29(40)42-4)26(27)32(13-15-35-16-14-32)28(38)20-7-5-6-8-23(20)36-30(41)37-24-11-9-19(33)17-22(24)34/h5-12,17,28,35,39H,13-16,18H2,1-4H3,(H2,36,37,41). The van der Waals surface area contributed by atoms with Crippen LogP contribution in [0.25, 0.3) is 0 Å². The van der Waals surface area contributed by atoms with Crippen molar-refractivity contribution < 1.29 is 28.2 Å². The Balaban J connectivity index is 1.65. The second-order valence-electron chi connectivity index (χ2n) is 12.1. The van der Waals surface area contributed by atoms with Gasteiger partial charge in [0.2, 0.25) is 0 Å². The van der Waals surface area contributed by atoms with Crippen LogP contribution in [-0.2, 0) is 10.2 Å². The molecule has 2 amide bonds. The average Bonchev–Trinajstić information content (AvgIpc) is 3.19. The van der Waals surface area contributed by atoms with Crippen LogP contribution < -0.4 is 20.9 Å². The van der Waals surface area contributed by atoms with Crippen molar-refractivity contribution >= 4 is 29.1 Å². The Bertz CT molecular complexity index is 1510. The maximum absolute atomic E-state index is 14.3. The number of amides is 2. The quantitative estimate of drug-likeness (QED) is 0.264. The van der Waals surface area contributed by atoms with Crippen molar-refractivity contribution in [2.75, 3.05) is 42.3 Å². The Hall–Kier alpha value is -4.18. The molecule has 2 aliphatic rings. The topological polar surface area (TPSA) is 103 Å². The van der Waals surface area contributed by atoms with Crippen LogP contribution in [0.5, 0.6) is 5.75 Å². The lowest BCUT2D eigenvalue weighted by atomic mass is 9.66. The number of nitrogens with zero attached hydrogens (tertiary/aromatic N) is 1. The van der Waals surface area contributed by atoms with Crippen molar-refractivity contribution in [3.8, 4) is 5.75 Å². The number of benzene rings is 3. The van der Waals surface area contributed by atoms with E-state index >= 15 is 0 Å². The summed E-state index contributed by atoms with van der Waals surface area (Å²) in [6.45, 7) is 8.23. The number of hydrogen-bond acceptors (Lipinski definition) is 6. The van der Waals surface area contributed by atoms with E-state index in [4.69, 9.17) is 4.74 Å². The molecule has 5 rings (SSSR count). The number of urea groups is 1. The largest absolute Gasteiger partial charge is 0.506 e. The summed E-state index contributed by atoms with van der Waals surface area (Å²) in [7, 11) is 1.35. The normalized spacial score (nSPS) is 17.6. The molecule has 1 spiro atoms. The fraction of sp³-hybridized carbons (Fsp3) is 0.375. The Morgan fingerprint density at radius 1 is 1.05 bits per heavy atom. The predicted octanol–water partition coefficient (Wildman–Crippen LogP) is 6.33. The van der Waals surface area contributed by atoms with E-state index in [1.54, 1.807) is 18.2 Å². The van der Waals surface area contributed by atoms with Crippen molar-refractivity contribution in [2.24, 2.45) is 5.41 Å². The number of piperidine rings is 1. The highest BCUT2D eigenvalue weighted by molar-refractivity contribution is 6.01. The molecule has 3 aromatic carbocycles. The highest BCUT2D eigenvalue weighted by Gasteiger charge is 2.55. The number of carbonyl (C=O) groups is 2. The van der Waals surface area contributed by atoms with Gasteiger partial charge in [-0.2, -0.15) is 0 Å². The van der Waals surface area contributed by atoms with Gasteiger partial charge in [0.05, 0.1) is 30.1 Å². The minimum absolute atomic E-state index is 0.0669. The Kier molecular flexibility index (Phi) is 7.85. The Labute approximate surface area is 244 Å². The van der Waals surface area contributed by atoms with Gasteiger partial charge >= 0.3 is 12.0 Å². The second-order valence-corrected chi connectivity index (χ2v) is 12.1. The van der Waals surface area contributed by atoms with Crippen LogP contribution in [0.4, 0.5) is 30.6 Å². The van der Waals surface area contributed by atoms with E-state index in [2.05, 4.69) is 41.6 Å². The van der Waals surface area contributed by atoms with Crippen LogP contribution in [0.1, 0.15) is 61.1 Å². The van der Waals surface area contributed by atoms with Crippen LogP contribution in [0, 0.1) is 17.0 Å². The summed E-state index contributed by atoms with van der Waals surface area (Å²) in [5.74, 6) is -2.05. The summed E-state index contributed by atoms with van der Waals surface area (Å²) >= 11 is 0. The summed E-state index contributed by atoms with van der Waals surface area (Å²) in [5.41, 5.74) is 2.05. The number of phenolic OH excluding ortho intramolecular Hbond substituents is 1. The molecule has 2 aliphatic heterocycles. The smallest absolute Gasteiger partial charge is 0.338 e. The SMILES string of the molecule is COC(=O)c1ccc(O)c2c1C1(CCNCC1)C(c1ccccc1NC(=O)Nc1ccc(F)cc1F)N2CC(C)(C)C. The molecule has 0 radical (unpaired) electrons. The van der Waals surface area contributed by atoms with Gasteiger partial charge in [0.1, 0.15) is 17.4 Å². The van der Waals surface area contributed by atoms with Gasteiger partial charge in [0.15, 0.2) is 0 Å². The molecule has 0 aliphatic carbocycles. The monoisotopic (exact) mass is 578 g/mol. The molecular formula is C32H36F2N4O4. The zero-order valence-corrected chi connectivity index (χ0v) is 24.2. The lowest BCUT2D eigenvalue weighted by Gasteiger charge is -2.44. The lowest BCUT2D eigenvalue weighted by Crippen LogP contribution is -2.47. The van der Waals surface area contributed by atoms with Crippen LogP contribution in [0.2, 0.25) is 0 Å². The second kappa shape index (κ2) is 11.2. The van der Waals surface area contributed by atoms with E-state index < -0.39 is 29.0 Å². The number of anilines is 3. The number of aromatic hydroxyl groups is 1. The maximum Gasteiger partial charge on any atom is 0.338 e. The minimum atomic E-state index is -0.888. The third kappa shape index (κ3) is 5.38. The van der Waals surface area contributed by atoms with Gasteiger partial charge in [-0.15, -0.1) is 0 Å². The number of esters is 1. The summed E-state index contributed by atoms with van der Waals surface area (Å²) < 4.78 is 32.9. The molecule has 8 nitrogen and oxygen atoms in total. The molecule has 2 heterocycles. The molecule has 0 bridgehead atoms. The predicted molar refractivity (Wildman–Crippen MR) is 158 cm³/mol. The first-order chi connectivity index (χ1) is 19.9. The molecule has 222 valence electrons. The molecule has 4 N–H and O–H groups in total. The number of ether oxygens (including phenoxy) is 1. The van der Waals surface area contributed by atoms with E-state index in [0.717, 1.165) is 23.3 Å². The van der Waals surface area contributed by atoms with Gasteiger partial charge in [-0.05, 0) is 67.2 Å². The van der Waals surface area contributed by atoms with E-state index in [1.807, 2.05) is 12.1 Å². The molecule has 1 atom stereocenters. The molecular weight excluding hydrogens is 542 g/mol. The van der Waals surface area contributed by atoms with Crippen molar-refractivity contribution in [1.29, 1.82) is 0 Å². The van der Waals surface area contributed by atoms with Gasteiger partial charge in [0.25, 0.3) is 0 Å². The maximum atomic E-state index is 14.3. The van der Waals surface area contributed by atoms with E-state index in [-0.39, 0.29) is 22.9 Å². The van der Waals surface area contributed by atoms with Crippen molar-refractivity contribution in [3.63, 3.8) is 0 Å². The molecule has 42 heavy (non-hydrogen) atoms. The van der Waals surface area contributed by atoms with Gasteiger partial charge in [-0.1, -0.05) is 39.0 Å². The zero-order valence-electron chi connectivity index (χ0n) is 24.2. The molecule has 0 saturated carbocycles. The number of rotatable bonds is 5. The fourth-order valence-electron chi connectivity index (χ4n) is 6.48. The highest BCUT2D eigenvalue weighted by atomic mass is 19.1. The third-order valence-corrected chi connectivity index (χ3v) is 8.01. The van der Waals surface area contributed by atoms with E-state index in [9.17, 15) is 23.5 Å². The minimum Gasteiger partial charge on any atom is -0.506 e. The molecule has 10 heteroatoms. The Morgan fingerprint density at radius 3 is 2.40 bits per heavy atom. The van der Waals surface area contributed by atoms with Crippen molar-refractivity contribution in [1.82, 2.24) is 5.32 Å². The van der Waals surface area contributed by atoms with E-state index in [1.165, 1.54) is 13.2 Å². The summed E-state index contributed by atoms with van der Waals surface area (Å²) in [6.07, 6.45) is 1.33. The van der Waals surface area contributed by atoms with Crippen LogP contribution in [0.3, 0.4) is 0 Å². The molecule has 0 aromatic heterocycles. The fourth-order valence-corrected chi connectivity index (χ4v) is 6.48. The first-order valence-corrected chi connectivity index (χ1v) is 14.0. The number of fused-ring (bicyclic) bond motifs is 2. The number of methoxy groups -OCH3 is 1. The summed E-state index contributed by atoms with van der Waals surface area (Å²) in [6, 6.07) is 12.4. The molecule has 1 fully saturated rings. The van der Waals surface area contributed by atoms with Gasteiger partial charge in [-0.25, -0.2) is 18.4 Å². The average molecular weight is 579 g/mol. The van der Waals surface area contributed by atoms with Gasteiger partial charge in [0, 0.05) is 29.3 Å². The van der Waals surface area contributed by atoms with Crippen LogP contribution >= 0.6 is 0 Å². The van der Waals surface area contributed by atoms with Gasteiger partial charge < -0.3 is 30.7 Å². The van der Waals surface area contributed by atoms with Crippen molar-refractivity contribution in [2.45, 2.75) is 45.1 Å². The molecule has 1 saturated heterocycles. The highest BCUT2D eigenvalue weighted by Crippen LogP contribution is 2.62. The number of nitrogens with one attached hydrogen (secondary N) is 3.